The van der Waals surface area contributed by atoms with Crippen molar-refractivity contribution in [3.05, 3.63) is 37.0 Å². The maximum absolute atomic E-state index is 3.99. The van der Waals surface area contributed by atoms with Crippen LogP contribution < -0.4 is 0 Å². The third-order valence-electron chi connectivity index (χ3n) is 2.13. The van der Waals surface area contributed by atoms with E-state index in [2.05, 4.69) is 32.2 Å². The van der Waals surface area contributed by atoms with E-state index in [-0.39, 0.29) is 0 Å². The fraction of sp³-hybridized carbons (Fsp3) is 0.400. The van der Waals surface area contributed by atoms with Crippen LogP contribution in [0.15, 0.2) is 37.0 Å². The topological polar surface area (TPSA) is 0 Å². The van der Waals surface area contributed by atoms with Crippen LogP contribution in [-0.4, -0.2) is 0 Å². The van der Waals surface area contributed by atoms with Gasteiger partial charge in [0.25, 0.3) is 0 Å². The van der Waals surface area contributed by atoms with E-state index >= 15 is 0 Å². The van der Waals surface area contributed by atoms with E-state index in [9.17, 15) is 0 Å². The molecule has 1 rings (SSSR count). The molecule has 54 valence electrons. The molecule has 0 bridgehead atoms. The van der Waals surface area contributed by atoms with Gasteiger partial charge < -0.3 is 0 Å². The number of rotatable bonds is 2. The Kier molecular flexibility index (Phi) is 2.10. The van der Waals surface area contributed by atoms with E-state index < -0.39 is 0 Å². The van der Waals surface area contributed by atoms with Crippen molar-refractivity contribution in [1.82, 2.24) is 0 Å². The summed E-state index contributed by atoms with van der Waals surface area (Å²) in [6.45, 7) is 9.94. The minimum absolute atomic E-state index is 0.547. The Labute approximate surface area is 62.9 Å². The fourth-order valence-electron chi connectivity index (χ4n) is 1.33. The van der Waals surface area contributed by atoms with E-state index in [0.717, 1.165) is 6.42 Å². The van der Waals surface area contributed by atoms with E-state index in [1.54, 1.807) is 0 Å². The lowest BCUT2D eigenvalue weighted by Gasteiger charge is -2.14. The van der Waals surface area contributed by atoms with Crippen molar-refractivity contribution in [3.63, 3.8) is 0 Å². The molecule has 1 aliphatic carbocycles. The summed E-state index contributed by atoms with van der Waals surface area (Å²) in [7, 11) is 0. The molecule has 0 heteroatoms. The molecule has 0 radical (unpaired) electrons. The molecule has 0 heterocycles. The summed E-state index contributed by atoms with van der Waals surface area (Å²) >= 11 is 0. The van der Waals surface area contributed by atoms with Crippen molar-refractivity contribution in [2.75, 3.05) is 0 Å². The summed E-state index contributed by atoms with van der Waals surface area (Å²) in [4.78, 5) is 0. The molecule has 0 aromatic carbocycles. The molecule has 2 atom stereocenters. The van der Waals surface area contributed by atoms with Gasteiger partial charge in [-0.2, -0.15) is 0 Å². The lowest BCUT2D eigenvalue weighted by Crippen LogP contribution is -2.04. The molecule has 0 saturated heterocycles. The van der Waals surface area contributed by atoms with Crippen molar-refractivity contribution in [3.8, 4) is 0 Å². The summed E-state index contributed by atoms with van der Waals surface area (Å²) < 4.78 is 0. The molecule has 0 aromatic rings. The highest BCUT2D eigenvalue weighted by Gasteiger charge is 2.17. The van der Waals surface area contributed by atoms with E-state index in [1.807, 2.05) is 6.08 Å². The minimum atomic E-state index is 0.547. The largest absolute Gasteiger partial charge is 0.103 e. The Bertz CT molecular complexity index is 174. The molecular weight excluding hydrogens is 120 g/mol. The Hall–Kier alpha value is -0.780. The van der Waals surface area contributed by atoms with Crippen molar-refractivity contribution < 1.29 is 0 Å². The molecular formula is C10H14. The third kappa shape index (κ3) is 1.21. The second kappa shape index (κ2) is 2.87. The molecule has 0 amide bonds. The van der Waals surface area contributed by atoms with Crippen LogP contribution in [0.25, 0.3) is 0 Å². The molecule has 0 fully saturated rings. The highest BCUT2D eigenvalue weighted by atomic mass is 14.2. The Morgan fingerprint density at radius 2 is 2.50 bits per heavy atom. The molecule has 10 heavy (non-hydrogen) atoms. The lowest BCUT2D eigenvalue weighted by atomic mass is 9.91. The standard InChI is InChI=1S/C10H14/c1-4-8(2)10-7-5-6-9(10)3/h4-5,7-8,10H,1,3,6H2,2H3. The van der Waals surface area contributed by atoms with Gasteiger partial charge in [-0.1, -0.05) is 37.3 Å². The first kappa shape index (κ1) is 7.33. The summed E-state index contributed by atoms with van der Waals surface area (Å²) in [6, 6.07) is 0. The molecule has 0 aliphatic heterocycles. The Morgan fingerprint density at radius 1 is 1.80 bits per heavy atom. The maximum Gasteiger partial charge on any atom is 0.00373 e. The van der Waals surface area contributed by atoms with Gasteiger partial charge in [0, 0.05) is 5.92 Å². The maximum atomic E-state index is 3.99. The van der Waals surface area contributed by atoms with Gasteiger partial charge in [0.05, 0.1) is 0 Å². The van der Waals surface area contributed by atoms with Gasteiger partial charge in [-0.05, 0) is 12.3 Å². The normalized spacial score (nSPS) is 26.9. The second-order valence-electron chi connectivity index (χ2n) is 2.91. The van der Waals surface area contributed by atoms with E-state index in [0.29, 0.717) is 11.8 Å². The molecule has 1 aliphatic rings. The van der Waals surface area contributed by atoms with Crippen molar-refractivity contribution in [2.45, 2.75) is 13.3 Å². The molecule has 0 saturated carbocycles. The van der Waals surface area contributed by atoms with Crippen LogP contribution in [-0.2, 0) is 0 Å². The molecule has 0 aromatic heterocycles. The van der Waals surface area contributed by atoms with Gasteiger partial charge >= 0.3 is 0 Å². The van der Waals surface area contributed by atoms with E-state index in [1.165, 1.54) is 5.57 Å². The number of allylic oxidation sites excluding steroid dienone is 4. The highest BCUT2D eigenvalue weighted by molar-refractivity contribution is 5.22. The SMILES string of the molecule is C=CC(C)C1C=CCC1=C. The summed E-state index contributed by atoms with van der Waals surface area (Å²) in [5.41, 5.74) is 1.33. The van der Waals surface area contributed by atoms with Gasteiger partial charge in [0.2, 0.25) is 0 Å². The predicted molar refractivity (Wildman–Crippen MR) is 45.7 cm³/mol. The lowest BCUT2D eigenvalue weighted by molar-refractivity contribution is 0.594. The summed E-state index contributed by atoms with van der Waals surface area (Å²) in [6.07, 6.45) is 7.47. The predicted octanol–water partition coefficient (Wildman–Crippen LogP) is 2.94. The first-order valence-electron chi connectivity index (χ1n) is 3.72. The monoisotopic (exact) mass is 134 g/mol. The van der Waals surface area contributed by atoms with Gasteiger partial charge in [0.15, 0.2) is 0 Å². The van der Waals surface area contributed by atoms with Crippen LogP contribution in [0.5, 0.6) is 0 Å². The van der Waals surface area contributed by atoms with E-state index in [4.69, 9.17) is 0 Å². The van der Waals surface area contributed by atoms with Gasteiger partial charge in [-0.15, -0.1) is 6.58 Å². The molecule has 0 N–H and O–H groups in total. The zero-order chi connectivity index (χ0) is 7.56. The zero-order valence-electron chi connectivity index (χ0n) is 6.51. The summed E-state index contributed by atoms with van der Waals surface area (Å²) in [5, 5.41) is 0. The van der Waals surface area contributed by atoms with Gasteiger partial charge in [0.1, 0.15) is 0 Å². The number of hydrogen-bond donors (Lipinski definition) is 0. The van der Waals surface area contributed by atoms with Crippen molar-refractivity contribution in [2.24, 2.45) is 11.8 Å². The fourth-order valence-corrected chi connectivity index (χ4v) is 1.33. The van der Waals surface area contributed by atoms with Crippen LogP contribution in [0.3, 0.4) is 0 Å². The van der Waals surface area contributed by atoms with Crippen molar-refractivity contribution >= 4 is 0 Å². The first-order valence-corrected chi connectivity index (χ1v) is 3.72. The molecule has 2 unspecified atom stereocenters. The smallest absolute Gasteiger partial charge is 0.00373 e. The van der Waals surface area contributed by atoms with Crippen LogP contribution in [0.2, 0.25) is 0 Å². The summed E-state index contributed by atoms with van der Waals surface area (Å²) in [5.74, 6) is 1.10. The van der Waals surface area contributed by atoms with Crippen LogP contribution in [0, 0.1) is 11.8 Å². The first-order chi connectivity index (χ1) is 4.75. The van der Waals surface area contributed by atoms with Crippen LogP contribution >= 0.6 is 0 Å². The third-order valence-corrected chi connectivity index (χ3v) is 2.13. The minimum Gasteiger partial charge on any atom is -0.103 e. The van der Waals surface area contributed by atoms with Crippen molar-refractivity contribution in [1.29, 1.82) is 0 Å². The number of hydrogen-bond acceptors (Lipinski definition) is 0. The molecule has 0 nitrogen and oxygen atoms in total. The average molecular weight is 134 g/mol. The zero-order valence-corrected chi connectivity index (χ0v) is 6.51. The average Bonchev–Trinajstić information content (AvgIpc) is 2.34. The second-order valence-corrected chi connectivity index (χ2v) is 2.91. The van der Waals surface area contributed by atoms with Gasteiger partial charge in [-0.3, -0.25) is 0 Å². The molecule has 0 spiro atoms. The Morgan fingerprint density at radius 3 is 2.90 bits per heavy atom. The quantitative estimate of drug-likeness (QED) is 0.509. The highest BCUT2D eigenvalue weighted by Crippen LogP contribution is 2.29. The van der Waals surface area contributed by atoms with Crippen LogP contribution in [0.1, 0.15) is 13.3 Å². The Balaban J connectivity index is 2.63. The van der Waals surface area contributed by atoms with Crippen LogP contribution in [0.4, 0.5) is 0 Å². The van der Waals surface area contributed by atoms with Gasteiger partial charge in [-0.25, -0.2) is 0 Å².